The summed E-state index contributed by atoms with van der Waals surface area (Å²) in [6.07, 6.45) is -0.175. The molecule has 0 aromatic heterocycles. The van der Waals surface area contributed by atoms with Gasteiger partial charge < -0.3 is 10.1 Å². The van der Waals surface area contributed by atoms with Crippen molar-refractivity contribution in [2.75, 3.05) is 10.0 Å². The van der Waals surface area contributed by atoms with Crippen molar-refractivity contribution in [3.8, 4) is 5.75 Å². The molecule has 6 nitrogen and oxygen atoms in total. The lowest BCUT2D eigenvalue weighted by molar-refractivity contribution is -0.122. The first-order valence-corrected chi connectivity index (χ1v) is 12.3. The Morgan fingerprint density at radius 2 is 1.64 bits per heavy atom. The van der Waals surface area contributed by atoms with Crippen LogP contribution in [-0.4, -0.2) is 20.4 Å². The van der Waals surface area contributed by atoms with Gasteiger partial charge in [-0.3, -0.25) is 9.52 Å². The van der Waals surface area contributed by atoms with Crippen LogP contribution in [0.4, 0.5) is 11.4 Å². The van der Waals surface area contributed by atoms with Crippen LogP contribution in [-0.2, 0) is 14.8 Å². The highest BCUT2D eigenvalue weighted by Crippen LogP contribution is 2.24. The molecule has 2 N–H and O–H groups in total. The molecule has 0 radical (unpaired) electrons. The van der Waals surface area contributed by atoms with E-state index in [1.165, 1.54) is 12.1 Å². The number of amides is 1. The summed E-state index contributed by atoms with van der Waals surface area (Å²) >= 11 is 0. The largest absolute Gasteiger partial charge is 0.480 e. The van der Waals surface area contributed by atoms with Crippen molar-refractivity contribution in [2.24, 2.45) is 0 Å². The number of hydrogen-bond donors (Lipinski definition) is 2. The molecule has 174 valence electrons. The van der Waals surface area contributed by atoms with E-state index >= 15 is 0 Å². The van der Waals surface area contributed by atoms with Crippen LogP contribution < -0.4 is 14.8 Å². The van der Waals surface area contributed by atoms with E-state index in [4.69, 9.17) is 4.74 Å². The van der Waals surface area contributed by atoms with E-state index in [9.17, 15) is 13.2 Å². The maximum Gasteiger partial charge on any atom is 0.265 e. The van der Waals surface area contributed by atoms with Crippen LogP contribution >= 0.6 is 0 Å². The molecular weight excluding hydrogens is 436 g/mol. The van der Waals surface area contributed by atoms with E-state index < -0.39 is 16.1 Å². The highest BCUT2D eigenvalue weighted by Gasteiger charge is 2.20. The van der Waals surface area contributed by atoms with E-state index in [1.807, 2.05) is 65.0 Å². The minimum atomic E-state index is -3.75. The number of carbonyl (C=O) groups excluding carboxylic acids is 1. The Bertz CT molecular complexity index is 1250. The van der Waals surface area contributed by atoms with E-state index in [0.717, 1.165) is 22.3 Å². The molecule has 33 heavy (non-hydrogen) atoms. The topological polar surface area (TPSA) is 84.5 Å². The maximum atomic E-state index is 12.8. The number of rotatable bonds is 8. The Labute approximate surface area is 196 Å². The zero-order chi connectivity index (χ0) is 24.2. The van der Waals surface area contributed by atoms with E-state index in [2.05, 4.69) is 10.0 Å². The monoisotopic (exact) mass is 466 g/mol. The summed E-state index contributed by atoms with van der Waals surface area (Å²) in [5.74, 6) is 0.387. The third-order valence-electron chi connectivity index (χ3n) is 5.55. The zero-order valence-electron chi connectivity index (χ0n) is 19.6. The van der Waals surface area contributed by atoms with Gasteiger partial charge in [0, 0.05) is 5.69 Å². The molecule has 0 saturated heterocycles. The number of sulfonamides is 1. The van der Waals surface area contributed by atoms with Gasteiger partial charge in [-0.2, -0.15) is 0 Å². The summed E-state index contributed by atoms with van der Waals surface area (Å²) in [5.41, 5.74) is 5.02. The van der Waals surface area contributed by atoms with E-state index in [0.29, 0.717) is 23.5 Å². The fourth-order valence-corrected chi connectivity index (χ4v) is 4.53. The third kappa shape index (κ3) is 5.93. The van der Waals surface area contributed by atoms with Crippen molar-refractivity contribution in [3.05, 3.63) is 82.9 Å². The average molecular weight is 467 g/mol. The van der Waals surface area contributed by atoms with Crippen molar-refractivity contribution in [1.82, 2.24) is 0 Å². The molecule has 0 aliphatic carbocycles. The van der Waals surface area contributed by atoms with Crippen molar-refractivity contribution < 1.29 is 17.9 Å². The molecule has 0 heterocycles. The Hall–Kier alpha value is -3.32. The lowest BCUT2D eigenvalue weighted by Crippen LogP contribution is -2.32. The molecule has 3 rings (SSSR count). The molecule has 0 saturated carbocycles. The molecule has 3 aromatic carbocycles. The molecule has 0 aliphatic rings. The van der Waals surface area contributed by atoms with Crippen LogP contribution in [0.3, 0.4) is 0 Å². The van der Waals surface area contributed by atoms with Gasteiger partial charge in [-0.05, 0) is 87.2 Å². The van der Waals surface area contributed by atoms with Crippen LogP contribution in [0.2, 0.25) is 0 Å². The van der Waals surface area contributed by atoms with Crippen molar-refractivity contribution in [2.45, 2.75) is 52.0 Å². The first-order valence-electron chi connectivity index (χ1n) is 10.8. The fraction of sp³-hybridized carbons (Fsp3) is 0.269. The van der Waals surface area contributed by atoms with Gasteiger partial charge >= 0.3 is 0 Å². The number of ether oxygens (including phenoxy) is 1. The fourth-order valence-electron chi connectivity index (χ4n) is 3.40. The van der Waals surface area contributed by atoms with Gasteiger partial charge in [-0.15, -0.1) is 0 Å². The highest BCUT2D eigenvalue weighted by molar-refractivity contribution is 7.92. The third-order valence-corrected chi connectivity index (χ3v) is 6.93. The van der Waals surface area contributed by atoms with Crippen molar-refractivity contribution in [1.29, 1.82) is 0 Å². The predicted molar refractivity (Wildman–Crippen MR) is 132 cm³/mol. The molecule has 1 atom stereocenters. The second kappa shape index (κ2) is 10.1. The molecule has 0 spiro atoms. The molecule has 0 fully saturated rings. The summed E-state index contributed by atoms with van der Waals surface area (Å²) < 4.78 is 34.1. The summed E-state index contributed by atoms with van der Waals surface area (Å²) in [7, 11) is -3.75. The Morgan fingerprint density at radius 3 is 2.27 bits per heavy atom. The van der Waals surface area contributed by atoms with Gasteiger partial charge in [0.1, 0.15) is 5.75 Å². The van der Waals surface area contributed by atoms with Crippen LogP contribution in [0.15, 0.2) is 65.6 Å². The SMILES string of the molecule is CC[C@H](Oc1cccc(C)c1C)C(=O)Nc1ccc(S(=O)(=O)Nc2ccc(C)cc2C)cc1. The number of anilines is 2. The lowest BCUT2D eigenvalue weighted by Gasteiger charge is -2.19. The second-order valence-corrected chi connectivity index (χ2v) is 9.83. The smallest absolute Gasteiger partial charge is 0.265 e. The first-order chi connectivity index (χ1) is 15.6. The Kier molecular flexibility index (Phi) is 7.43. The molecule has 0 bridgehead atoms. The summed E-state index contributed by atoms with van der Waals surface area (Å²) in [6, 6.07) is 17.3. The van der Waals surface area contributed by atoms with Gasteiger partial charge in [0.2, 0.25) is 0 Å². The van der Waals surface area contributed by atoms with Gasteiger partial charge in [0.25, 0.3) is 15.9 Å². The number of nitrogens with one attached hydrogen (secondary N) is 2. The number of hydrogen-bond acceptors (Lipinski definition) is 4. The minimum absolute atomic E-state index is 0.110. The molecule has 0 unspecified atom stereocenters. The van der Waals surface area contributed by atoms with Crippen LogP contribution in [0.25, 0.3) is 0 Å². The van der Waals surface area contributed by atoms with Crippen LogP contribution in [0.5, 0.6) is 5.75 Å². The summed E-state index contributed by atoms with van der Waals surface area (Å²) in [4.78, 5) is 12.9. The lowest BCUT2D eigenvalue weighted by atomic mass is 10.1. The predicted octanol–water partition coefficient (Wildman–Crippen LogP) is 5.52. The zero-order valence-corrected chi connectivity index (χ0v) is 20.4. The quantitative estimate of drug-likeness (QED) is 0.458. The Morgan fingerprint density at radius 1 is 0.939 bits per heavy atom. The first kappa shape index (κ1) is 24.3. The minimum Gasteiger partial charge on any atom is -0.480 e. The normalized spacial score (nSPS) is 12.2. The molecule has 0 aliphatic heterocycles. The molecular formula is C26H30N2O4S. The van der Waals surface area contributed by atoms with Crippen molar-refractivity contribution >= 4 is 27.3 Å². The summed E-state index contributed by atoms with van der Waals surface area (Å²) in [6.45, 7) is 9.64. The summed E-state index contributed by atoms with van der Waals surface area (Å²) in [5, 5.41) is 2.81. The molecule has 1 amide bonds. The van der Waals surface area contributed by atoms with Crippen LogP contribution in [0, 0.1) is 27.7 Å². The standard InChI is InChI=1S/C26H30N2O4S/c1-6-24(32-25-9-7-8-18(3)20(25)5)26(29)27-21-11-13-22(14-12-21)33(30,31)28-23-15-10-17(2)16-19(23)4/h7-16,24,28H,6H2,1-5H3,(H,27,29)/t24-/m0/s1. The van der Waals surface area contributed by atoms with Gasteiger partial charge in [-0.1, -0.05) is 36.8 Å². The van der Waals surface area contributed by atoms with E-state index in [1.54, 1.807) is 18.2 Å². The maximum absolute atomic E-state index is 12.8. The second-order valence-electron chi connectivity index (χ2n) is 8.15. The molecule has 7 heteroatoms. The van der Waals surface area contributed by atoms with Crippen molar-refractivity contribution in [3.63, 3.8) is 0 Å². The van der Waals surface area contributed by atoms with Crippen LogP contribution in [0.1, 0.15) is 35.6 Å². The average Bonchev–Trinajstić information content (AvgIpc) is 2.77. The van der Waals surface area contributed by atoms with Gasteiger partial charge in [0.05, 0.1) is 10.6 Å². The molecule has 3 aromatic rings. The van der Waals surface area contributed by atoms with E-state index in [-0.39, 0.29) is 10.8 Å². The number of benzene rings is 3. The highest BCUT2D eigenvalue weighted by atomic mass is 32.2. The number of aryl methyl sites for hydroxylation is 3. The van der Waals surface area contributed by atoms with Gasteiger partial charge in [-0.25, -0.2) is 8.42 Å². The van der Waals surface area contributed by atoms with Gasteiger partial charge in [0.15, 0.2) is 6.10 Å². The number of carbonyl (C=O) groups is 1. The Balaban J connectivity index is 1.70.